The van der Waals surface area contributed by atoms with Crippen LogP contribution in [0.5, 0.6) is 0 Å². The summed E-state index contributed by atoms with van der Waals surface area (Å²) in [5.74, 6) is 0.165. The summed E-state index contributed by atoms with van der Waals surface area (Å²) in [5, 5.41) is 1.33. The van der Waals surface area contributed by atoms with Gasteiger partial charge in [0.25, 0.3) is 0 Å². The summed E-state index contributed by atoms with van der Waals surface area (Å²) in [6.45, 7) is 4.79. The molecule has 0 aliphatic carbocycles. The smallest absolute Gasteiger partial charge is 0.219 e. The first-order chi connectivity index (χ1) is 10.1. The van der Waals surface area contributed by atoms with Crippen LogP contribution in [0.25, 0.3) is 10.9 Å². The molecule has 1 fully saturated rings. The number of para-hydroxylation sites is 1. The van der Waals surface area contributed by atoms with E-state index in [1.807, 2.05) is 11.9 Å². The summed E-state index contributed by atoms with van der Waals surface area (Å²) in [7, 11) is 1.91. The Bertz CT molecular complexity index is 634. The van der Waals surface area contributed by atoms with Crippen molar-refractivity contribution in [3.05, 3.63) is 36.0 Å². The Morgan fingerprint density at radius 3 is 3.05 bits per heavy atom. The second-order valence-corrected chi connectivity index (χ2v) is 5.98. The first kappa shape index (κ1) is 14.1. The lowest BCUT2D eigenvalue weighted by molar-refractivity contribution is -0.129. The van der Waals surface area contributed by atoms with Gasteiger partial charge in [-0.15, -0.1) is 0 Å². The molecule has 1 amide bonds. The van der Waals surface area contributed by atoms with E-state index in [-0.39, 0.29) is 5.91 Å². The van der Waals surface area contributed by atoms with Crippen LogP contribution in [0.3, 0.4) is 0 Å². The minimum Gasteiger partial charge on any atom is -0.361 e. The highest BCUT2D eigenvalue weighted by Crippen LogP contribution is 2.20. The SMILES string of the molecule is CC(=O)N(C)[C@H]1CCN(CCc2c[nH]c3ccccc23)C1. The van der Waals surface area contributed by atoms with Gasteiger partial charge in [-0.3, -0.25) is 4.79 Å². The summed E-state index contributed by atoms with van der Waals surface area (Å²) in [6, 6.07) is 8.83. The lowest BCUT2D eigenvalue weighted by atomic mass is 10.1. The number of amides is 1. The number of hydrogen-bond donors (Lipinski definition) is 1. The quantitative estimate of drug-likeness (QED) is 0.936. The van der Waals surface area contributed by atoms with Gasteiger partial charge in [-0.05, 0) is 24.5 Å². The second kappa shape index (κ2) is 5.90. The molecule has 0 spiro atoms. The van der Waals surface area contributed by atoms with E-state index in [0.29, 0.717) is 6.04 Å². The lowest BCUT2D eigenvalue weighted by Crippen LogP contribution is -2.37. The maximum Gasteiger partial charge on any atom is 0.219 e. The molecular formula is C17H23N3O. The molecule has 1 saturated heterocycles. The van der Waals surface area contributed by atoms with Crippen LogP contribution in [-0.2, 0) is 11.2 Å². The average molecular weight is 285 g/mol. The number of benzene rings is 1. The molecule has 1 aromatic heterocycles. The molecule has 2 heterocycles. The number of carbonyl (C=O) groups is 1. The van der Waals surface area contributed by atoms with Gasteiger partial charge in [0.2, 0.25) is 5.91 Å². The molecule has 0 unspecified atom stereocenters. The molecule has 112 valence electrons. The number of aromatic nitrogens is 1. The lowest BCUT2D eigenvalue weighted by Gasteiger charge is -2.23. The number of carbonyl (C=O) groups excluding carboxylic acids is 1. The van der Waals surface area contributed by atoms with Crippen molar-refractivity contribution in [2.45, 2.75) is 25.8 Å². The van der Waals surface area contributed by atoms with Crippen molar-refractivity contribution in [2.75, 3.05) is 26.7 Å². The molecule has 1 aliphatic heterocycles. The zero-order valence-electron chi connectivity index (χ0n) is 12.8. The van der Waals surface area contributed by atoms with Gasteiger partial charge in [-0.2, -0.15) is 0 Å². The molecule has 1 N–H and O–H groups in total. The van der Waals surface area contributed by atoms with E-state index in [4.69, 9.17) is 0 Å². The summed E-state index contributed by atoms with van der Waals surface area (Å²) in [4.78, 5) is 19.1. The highest BCUT2D eigenvalue weighted by molar-refractivity contribution is 5.83. The van der Waals surface area contributed by atoms with Gasteiger partial charge >= 0.3 is 0 Å². The van der Waals surface area contributed by atoms with Gasteiger partial charge in [0, 0.05) is 56.7 Å². The van der Waals surface area contributed by atoms with E-state index in [2.05, 4.69) is 40.3 Å². The monoisotopic (exact) mass is 285 g/mol. The number of fused-ring (bicyclic) bond motifs is 1. The zero-order chi connectivity index (χ0) is 14.8. The average Bonchev–Trinajstić information content (AvgIpc) is 3.11. The number of hydrogen-bond acceptors (Lipinski definition) is 2. The molecule has 3 rings (SSSR count). The first-order valence-electron chi connectivity index (χ1n) is 7.66. The topological polar surface area (TPSA) is 39.3 Å². The molecule has 4 heteroatoms. The molecule has 2 aromatic rings. The Labute approximate surface area is 125 Å². The predicted molar refractivity (Wildman–Crippen MR) is 85.3 cm³/mol. The van der Waals surface area contributed by atoms with Crippen molar-refractivity contribution >= 4 is 16.8 Å². The van der Waals surface area contributed by atoms with Gasteiger partial charge in [0.05, 0.1) is 0 Å². The molecule has 0 radical (unpaired) electrons. The van der Waals surface area contributed by atoms with Crippen molar-refractivity contribution in [1.82, 2.24) is 14.8 Å². The normalized spacial score (nSPS) is 19.2. The van der Waals surface area contributed by atoms with Crippen LogP contribution < -0.4 is 0 Å². The van der Waals surface area contributed by atoms with Gasteiger partial charge in [-0.1, -0.05) is 18.2 Å². The molecule has 1 aliphatic rings. The second-order valence-electron chi connectivity index (χ2n) is 5.98. The van der Waals surface area contributed by atoms with Crippen LogP contribution in [0, 0.1) is 0 Å². The first-order valence-corrected chi connectivity index (χ1v) is 7.66. The highest BCUT2D eigenvalue weighted by atomic mass is 16.2. The third-order valence-electron chi connectivity index (χ3n) is 4.66. The number of aromatic amines is 1. The van der Waals surface area contributed by atoms with Crippen LogP contribution in [0.1, 0.15) is 18.9 Å². The molecule has 1 aromatic carbocycles. The van der Waals surface area contributed by atoms with Gasteiger partial charge in [0.15, 0.2) is 0 Å². The van der Waals surface area contributed by atoms with E-state index in [0.717, 1.165) is 32.5 Å². The standard InChI is InChI=1S/C17H23N3O/c1-13(21)19(2)15-8-10-20(12-15)9-7-14-11-18-17-6-4-3-5-16(14)17/h3-6,11,15,18H,7-10,12H2,1-2H3/t15-/m0/s1. The maximum absolute atomic E-state index is 11.4. The number of H-pyrrole nitrogens is 1. The van der Waals surface area contributed by atoms with E-state index in [1.165, 1.54) is 16.5 Å². The Morgan fingerprint density at radius 2 is 2.24 bits per heavy atom. The van der Waals surface area contributed by atoms with Gasteiger partial charge in [0.1, 0.15) is 0 Å². The molecule has 0 saturated carbocycles. The molecule has 21 heavy (non-hydrogen) atoms. The fraction of sp³-hybridized carbons (Fsp3) is 0.471. The van der Waals surface area contributed by atoms with Crippen molar-refractivity contribution in [3.63, 3.8) is 0 Å². The summed E-state index contributed by atoms with van der Waals surface area (Å²) >= 11 is 0. The Balaban J connectivity index is 1.58. The Morgan fingerprint density at radius 1 is 1.43 bits per heavy atom. The Hall–Kier alpha value is -1.81. The highest BCUT2D eigenvalue weighted by Gasteiger charge is 2.26. The van der Waals surface area contributed by atoms with Gasteiger partial charge in [-0.25, -0.2) is 0 Å². The van der Waals surface area contributed by atoms with Crippen molar-refractivity contribution in [1.29, 1.82) is 0 Å². The number of rotatable bonds is 4. The number of nitrogens with zero attached hydrogens (tertiary/aromatic N) is 2. The third kappa shape index (κ3) is 2.95. The van der Waals surface area contributed by atoms with Crippen LogP contribution >= 0.6 is 0 Å². The van der Waals surface area contributed by atoms with Crippen LogP contribution in [0.15, 0.2) is 30.5 Å². The molecule has 0 bridgehead atoms. The largest absolute Gasteiger partial charge is 0.361 e. The summed E-state index contributed by atoms with van der Waals surface area (Å²) in [6.07, 6.45) is 4.27. The zero-order valence-corrected chi connectivity index (χ0v) is 12.8. The minimum absolute atomic E-state index is 0.165. The summed E-state index contributed by atoms with van der Waals surface area (Å²) in [5.41, 5.74) is 2.59. The van der Waals surface area contributed by atoms with Crippen LogP contribution in [0.4, 0.5) is 0 Å². The Kier molecular flexibility index (Phi) is 3.97. The van der Waals surface area contributed by atoms with E-state index >= 15 is 0 Å². The van der Waals surface area contributed by atoms with Crippen LogP contribution in [-0.4, -0.2) is 53.4 Å². The minimum atomic E-state index is 0.165. The molecule has 4 nitrogen and oxygen atoms in total. The third-order valence-corrected chi connectivity index (χ3v) is 4.66. The number of likely N-dealkylation sites (N-methyl/N-ethyl adjacent to an activating group) is 1. The number of likely N-dealkylation sites (tertiary alicyclic amines) is 1. The van der Waals surface area contributed by atoms with E-state index in [1.54, 1.807) is 6.92 Å². The fourth-order valence-corrected chi connectivity index (χ4v) is 3.21. The fourth-order valence-electron chi connectivity index (χ4n) is 3.21. The van der Waals surface area contributed by atoms with E-state index in [9.17, 15) is 4.79 Å². The number of nitrogens with one attached hydrogen (secondary N) is 1. The van der Waals surface area contributed by atoms with Crippen molar-refractivity contribution in [2.24, 2.45) is 0 Å². The summed E-state index contributed by atoms with van der Waals surface area (Å²) < 4.78 is 0. The van der Waals surface area contributed by atoms with E-state index < -0.39 is 0 Å². The van der Waals surface area contributed by atoms with Crippen molar-refractivity contribution in [3.8, 4) is 0 Å². The molecular weight excluding hydrogens is 262 g/mol. The predicted octanol–water partition coefficient (Wildman–Crippen LogP) is 2.26. The van der Waals surface area contributed by atoms with Crippen LogP contribution in [0.2, 0.25) is 0 Å². The van der Waals surface area contributed by atoms with Gasteiger partial charge < -0.3 is 14.8 Å². The molecule has 1 atom stereocenters. The maximum atomic E-state index is 11.4. The van der Waals surface area contributed by atoms with Crippen molar-refractivity contribution < 1.29 is 4.79 Å².